The van der Waals surface area contributed by atoms with E-state index in [4.69, 9.17) is 5.73 Å². The Morgan fingerprint density at radius 1 is 1.53 bits per heavy atom. The minimum atomic E-state index is -0.0449. The van der Waals surface area contributed by atoms with Crippen molar-refractivity contribution in [2.24, 2.45) is 5.73 Å². The molecule has 4 heteroatoms. The number of hydrogen-bond donors (Lipinski definition) is 1. The van der Waals surface area contributed by atoms with E-state index in [0.29, 0.717) is 0 Å². The Hall–Kier alpha value is -1.13. The lowest BCUT2D eigenvalue weighted by Crippen LogP contribution is -2.11. The average molecular weight is 221 g/mol. The summed E-state index contributed by atoms with van der Waals surface area (Å²) in [6.45, 7) is 5.05. The first-order valence-electron chi connectivity index (χ1n) is 5.03. The Balaban J connectivity index is 2.28. The SMILES string of the molecule is CCn1cc(C(N)c2cscc2C)cn1. The van der Waals surface area contributed by atoms with Crippen molar-refractivity contribution in [3.8, 4) is 0 Å². The molecule has 0 saturated heterocycles. The van der Waals surface area contributed by atoms with Crippen LogP contribution in [0.3, 0.4) is 0 Å². The van der Waals surface area contributed by atoms with Crippen LogP contribution in [0.5, 0.6) is 0 Å². The molecule has 2 aromatic heterocycles. The highest BCUT2D eigenvalue weighted by Crippen LogP contribution is 2.25. The van der Waals surface area contributed by atoms with Crippen LogP contribution in [0.4, 0.5) is 0 Å². The number of aryl methyl sites for hydroxylation is 2. The third kappa shape index (κ3) is 1.96. The van der Waals surface area contributed by atoms with Crippen LogP contribution in [0, 0.1) is 6.92 Å². The standard InChI is InChI=1S/C11H15N3S/c1-3-14-5-9(4-13-14)11(12)10-7-15-6-8(10)2/h4-7,11H,3,12H2,1-2H3. The summed E-state index contributed by atoms with van der Waals surface area (Å²) >= 11 is 1.69. The molecule has 0 amide bonds. The molecule has 1 unspecified atom stereocenters. The molecule has 0 aliphatic rings. The first-order valence-corrected chi connectivity index (χ1v) is 5.97. The lowest BCUT2D eigenvalue weighted by atomic mass is 10.0. The molecule has 15 heavy (non-hydrogen) atoms. The maximum absolute atomic E-state index is 6.18. The van der Waals surface area contributed by atoms with Crippen molar-refractivity contribution in [2.75, 3.05) is 0 Å². The fraction of sp³-hybridized carbons (Fsp3) is 0.364. The van der Waals surface area contributed by atoms with Crippen LogP contribution in [-0.2, 0) is 6.54 Å². The molecule has 0 radical (unpaired) electrons. The van der Waals surface area contributed by atoms with E-state index in [9.17, 15) is 0 Å². The fourth-order valence-electron chi connectivity index (χ4n) is 1.58. The van der Waals surface area contributed by atoms with Gasteiger partial charge in [-0.3, -0.25) is 4.68 Å². The minimum absolute atomic E-state index is 0.0449. The van der Waals surface area contributed by atoms with E-state index in [1.54, 1.807) is 11.3 Å². The van der Waals surface area contributed by atoms with Gasteiger partial charge in [-0.15, -0.1) is 0 Å². The van der Waals surface area contributed by atoms with Crippen LogP contribution in [0.1, 0.15) is 29.7 Å². The van der Waals surface area contributed by atoms with Gasteiger partial charge in [0.1, 0.15) is 0 Å². The molecule has 80 valence electrons. The summed E-state index contributed by atoms with van der Waals surface area (Å²) in [5.41, 5.74) is 9.73. The second-order valence-electron chi connectivity index (χ2n) is 3.62. The summed E-state index contributed by atoms with van der Waals surface area (Å²) in [7, 11) is 0. The maximum Gasteiger partial charge on any atom is 0.0593 e. The Morgan fingerprint density at radius 2 is 2.33 bits per heavy atom. The number of nitrogens with zero attached hydrogens (tertiary/aromatic N) is 2. The van der Waals surface area contributed by atoms with Crippen molar-refractivity contribution in [1.29, 1.82) is 0 Å². The molecule has 0 aromatic carbocycles. The third-order valence-corrected chi connectivity index (χ3v) is 3.45. The highest BCUT2D eigenvalue weighted by atomic mass is 32.1. The lowest BCUT2D eigenvalue weighted by Gasteiger charge is -2.08. The zero-order valence-corrected chi connectivity index (χ0v) is 9.79. The summed E-state index contributed by atoms with van der Waals surface area (Å²) in [6, 6.07) is -0.0449. The van der Waals surface area contributed by atoms with Crippen molar-refractivity contribution in [3.05, 3.63) is 39.8 Å². The molecule has 0 bridgehead atoms. The van der Waals surface area contributed by atoms with Gasteiger partial charge < -0.3 is 5.73 Å². The molecule has 2 rings (SSSR count). The first kappa shape index (κ1) is 10.4. The smallest absolute Gasteiger partial charge is 0.0593 e. The summed E-state index contributed by atoms with van der Waals surface area (Å²) < 4.78 is 1.90. The fourth-order valence-corrected chi connectivity index (χ4v) is 2.47. The van der Waals surface area contributed by atoms with E-state index in [0.717, 1.165) is 12.1 Å². The number of hydrogen-bond acceptors (Lipinski definition) is 3. The third-order valence-electron chi connectivity index (χ3n) is 2.57. The predicted molar refractivity (Wildman–Crippen MR) is 63.0 cm³/mol. The first-order chi connectivity index (χ1) is 7.22. The second-order valence-corrected chi connectivity index (χ2v) is 4.36. The molecule has 1 atom stereocenters. The molecule has 0 fully saturated rings. The van der Waals surface area contributed by atoms with Gasteiger partial charge in [0.15, 0.2) is 0 Å². The van der Waals surface area contributed by atoms with Crippen molar-refractivity contribution in [1.82, 2.24) is 9.78 Å². The van der Waals surface area contributed by atoms with Gasteiger partial charge in [0.25, 0.3) is 0 Å². The predicted octanol–water partition coefficient (Wildman–Crippen LogP) is 2.32. The Morgan fingerprint density at radius 3 is 2.87 bits per heavy atom. The van der Waals surface area contributed by atoms with Crippen LogP contribution in [0.2, 0.25) is 0 Å². The van der Waals surface area contributed by atoms with Crippen LogP contribution < -0.4 is 5.73 Å². The van der Waals surface area contributed by atoms with E-state index in [1.807, 2.05) is 17.1 Å². The van der Waals surface area contributed by atoms with Crippen LogP contribution in [0.25, 0.3) is 0 Å². The Kier molecular flexibility index (Phi) is 2.88. The van der Waals surface area contributed by atoms with Gasteiger partial charge in [0, 0.05) is 18.3 Å². The van der Waals surface area contributed by atoms with Crippen molar-refractivity contribution in [2.45, 2.75) is 26.4 Å². The summed E-state index contributed by atoms with van der Waals surface area (Å²) in [6.07, 6.45) is 3.87. The summed E-state index contributed by atoms with van der Waals surface area (Å²) in [4.78, 5) is 0. The van der Waals surface area contributed by atoms with Gasteiger partial charge >= 0.3 is 0 Å². The van der Waals surface area contributed by atoms with Gasteiger partial charge in [-0.2, -0.15) is 16.4 Å². The molecule has 3 nitrogen and oxygen atoms in total. The summed E-state index contributed by atoms with van der Waals surface area (Å²) in [5, 5.41) is 8.47. The number of nitrogens with two attached hydrogens (primary N) is 1. The Labute approximate surface area is 93.5 Å². The monoisotopic (exact) mass is 221 g/mol. The van der Waals surface area contributed by atoms with E-state index in [-0.39, 0.29) is 6.04 Å². The molecule has 2 N–H and O–H groups in total. The van der Waals surface area contributed by atoms with Crippen LogP contribution in [-0.4, -0.2) is 9.78 Å². The number of thiophene rings is 1. The lowest BCUT2D eigenvalue weighted by molar-refractivity contribution is 0.658. The Bertz CT molecular complexity index is 444. The largest absolute Gasteiger partial charge is 0.320 e. The van der Waals surface area contributed by atoms with E-state index >= 15 is 0 Å². The van der Waals surface area contributed by atoms with Gasteiger partial charge in [-0.1, -0.05) is 0 Å². The molecule has 0 spiro atoms. The van der Waals surface area contributed by atoms with Gasteiger partial charge in [-0.05, 0) is 35.7 Å². The zero-order chi connectivity index (χ0) is 10.8. The van der Waals surface area contributed by atoms with E-state index in [1.165, 1.54) is 11.1 Å². The van der Waals surface area contributed by atoms with Crippen LogP contribution in [0.15, 0.2) is 23.2 Å². The molecule has 0 aliphatic carbocycles. The molecular weight excluding hydrogens is 206 g/mol. The van der Waals surface area contributed by atoms with E-state index < -0.39 is 0 Å². The number of rotatable bonds is 3. The topological polar surface area (TPSA) is 43.8 Å². The highest BCUT2D eigenvalue weighted by molar-refractivity contribution is 7.08. The van der Waals surface area contributed by atoms with Gasteiger partial charge in [-0.25, -0.2) is 0 Å². The highest BCUT2D eigenvalue weighted by Gasteiger charge is 2.13. The van der Waals surface area contributed by atoms with Crippen LogP contribution >= 0.6 is 11.3 Å². The van der Waals surface area contributed by atoms with Crippen molar-refractivity contribution < 1.29 is 0 Å². The maximum atomic E-state index is 6.18. The second kappa shape index (κ2) is 4.16. The normalized spacial score (nSPS) is 13.0. The average Bonchev–Trinajstić information content (AvgIpc) is 2.84. The van der Waals surface area contributed by atoms with Gasteiger partial charge in [0.05, 0.1) is 12.2 Å². The molecule has 2 heterocycles. The summed E-state index contributed by atoms with van der Waals surface area (Å²) in [5.74, 6) is 0. The minimum Gasteiger partial charge on any atom is -0.320 e. The van der Waals surface area contributed by atoms with Crippen molar-refractivity contribution in [3.63, 3.8) is 0 Å². The number of aromatic nitrogens is 2. The zero-order valence-electron chi connectivity index (χ0n) is 8.97. The molecular formula is C11H15N3S. The van der Waals surface area contributed by atoms with Crippen molar-refractivity contribution >= 4 is 11.3 Å². The molecule has 0 saturated carbocycles. The van der Waals surface area contributed by atoms with E-state index in [2.05, 4.69) is 29.7 Å². The van der Waals surface area contributed by atoms with Gasteiger partial charge in [0.2, 0.25) is 0 Å². The molecule has 2 aromatic rings. The molecule has 0 aliphatic heterocycles. The quantitative estimate of drug-likeness (QED) is 0.864.